The number of hydrogen-bond acceptors (Lipinski definition) is 0. The van der Waals surface area contributed by atoms with Crippen LogP contribution in [0.5, 0.6) is 0 Å². The average molecular weight is 186 g/mol. The van der Waals surface area contributed by atoms with Gasteiger partial charge in [-0.2, -0.15) is 0 Å². The number of hydrogen-bond donors (Lipinski definition) is 0. The van der Waals surface area contributed by atoms with Crippen molar-refractivity contribution in [3.8, 4) is 0 Å². The van der Waals surface area contributed by atoms with Crippen molar-refractivity contribution in [1.29, 1.82) is 0 Å². The predicted octanol–water partition coefficient (Wildman–Crippen LogP) is 5.44. The second kappa shape index (κ2) is 22.6. The van der Waals surface area contributed by atoms with Gasteiger partial charge < -0.3 is 0 Å². The van der Waals surface area contributed by atoms with Gasteiger partial charge in [0.15, 0.2) is 0 Å². The third-order valence-corrected chi connectivity index (χ3v) is 1.77. The molecule has 0 saturated heterocycles. The van der Waals surface area contributed by atoms with Crippen molar-refractivity contribution in [3.05, 3.63) is 13.2 Å². The highest BCUT2D eigenvalue weighted by Crippen LogP contribution is 2.31. The van der Waals surface area contributed by atoms with Gasteiger partial charge in [-0.3, -0.25) is 0 Å². The zero-order valence-electron chi connectivity index (χ0n) is 10.5. The highest BCUT2D eigenvalue weighted by atomic mass is 14.2. The highest BCUT2D eigenvalue weighted by molar-refractivity contribution is 4.69. The van der Waals surface area contributed by atoms with Gasteiger partial charge >= 0.3 is 0 Å². The molecular formula is C13H30. The molecule has 0 nitrogen and oxygen atoms in total. The first-order chi connectivity index (χ1) is 6.35. The fourth-order valence-corrected chi connectivity index (χ4v) is 0.526. The van der Waals surface area contributed by atoms with Crippen LogP contribution in [0.4, 0.5) is 0 Å². The first-order valence-electron chi connectivity index (χ1n) is 5.85. The van der Waals surface area contributed by atoms with Crippen LogP contribution < -0.4 is 0 Å². The van der Waals surface area contributed by atoms with E-state index < -0.39 is 0 Å². The minimum absolute atomic E-state index is 1.13. The zero-order chi connectivity index (χ0) is 11.1. The van der Waals surface area contributed by atoms with E-state index in [1.165, 1.54) is 32.1 Å². The molecule has 0 aromatic heterocycles. The third-order valence-electron chi connectivity index (χ3n) is 1.77. The Morgan fingerprint density at radius 3 is 1.23 bits per heavy atom. The Morgan fingerprint density at radius 1 is 0.923 bits per heavy atom. The van der Waals surface area contributed by atoms with E-state index in [0.29, 0.717) is 0 Å². The van der Waals surface area contributed by atoms with Crippen molar-refractivity contribution in [3.63, 3.8) is 0 Å². The van der Waals surface area contributed by atoms with Gasteiger partial charge in [-0.15, -0.1) is 13.2 Å². The molecule has 0 atom stereocenters. The molecule has 0 radical (unpaired) electrons. The van der Waals surface area contributed by atoms with Crippen LogP contribution in [0.3, 0.4) is 0 Å². The van der Waals surface area contributed by atoms with E-state index in [0.717, 1.165) is 5.92 Å². The van der Waals surface area contributed by atoms with Crippen LogP contribution in [0.1, 0.15) is 66.7 Å². The fraction of sp³-hybridized carbons (Fsp3) is 0.846. The maximum Gasteiger partial charge on any atom is -0.0417 e. The molecule has 0 amide bonds. The molecular weight excluding hydrogens is 156 g/mol. The molecule has 0 N–H and O–H groups in total. The van der Waals surface area contributed by atoms with E-state index in [-0.39, 0.29) is 0 Å². The van der Waals surface area contributed by atoms with E-state index in [1.807, 2.05) is 13.8 Å². The summed E-state index contributed by atoms with van der Waals surface area (Å²) in [6, 6.07) is 0. The van der Waals surface area contributed by atoms with Gasteiger partial charge in [-0.25, -0.2) is 0 Å². The molecule has 0 aromatic carbocycles. The fourth-order valence-electron chi connectivity index (χ4n) is 0.526. The topological polar surface area (TPSA) is 0 Å². The van der Waals surface area contributed by atoms with Crippen LogP contribution in [0, 0.1) is 5.92 Å². The van der Waals surface area contributed by atoms with Crippen LogP contribution in [0.25, 0.3) is 0 Å². The molecule has 1 rings (SSSR count). The molecule has 1 fully saturated rings. The molecule has 82 valence electrons. The Balaban J connectivity index is -0.000000114. The van der Waals surface area contributed by atoms with Gasteiger partial charge in [0.2, 0.25) is 0 Å². The Hall–Kier alpha value is -0.260. The van der Waals surface area contributed by atoms with Crippen LogP contribution in [-0.4, -0.2) is 0 Å². The van der Waals surface area contributed by atoms with Gasteiger partial charge in [0.1, 0.15) is 0 Å². The summed E-state index contributed by atoms with van der Waals surface area (Å²) < 4.78 is 0. The Morgan fingerprint density at radius 2 is 1.23 bits per heavy atom. The maximum atomic E-state index is 3.00. The summed E-state index contributed by atoms with van der Waals surface area (Å²) in [6.07, 6.45) is 7.08. The average Bonchev–Trinajstić information content (AvgIpc) is 3.07. The zero-order valence-corrected chi connectivity index (χ0v) is 10.5. The summed E-state index contributed by atoms with van der Waals surface area (Å²) >= 11 is 0. The smallest absolute Gasteiger partial charge is 0.0417 e. The van der Waals surface area contributed by atoms with Gasteiger partial charge in [-0.05, 0) is 5.92 Å². The van der Waals surface area contributed by atoms with Gasteiger partial charge in [-0.1, -0.05) is 66.7 Å². The molecule has 0 spiro atoms. The molecule has 1 aliphatic rings. The lowest BCUT2D eigenvalue weighted by molar-refractivity contribution is 0.799. The number of unbranched alkanes of at least 4 members (excludes halogenated alkanes) is 1. The van der Waals surface area contributed by atoms with Crippen molar-refractivity contribution in [2.24, 2.45) is 5.92 Å². The summed E-state index contributed by atoms with van der Waals surface area (Å²) in [7, 11) is 0. The summed E-state index contributed by atoms with van der Waals surface area (Å²) in [5, 5.41) is 0. The summed E-state index contributed by atoms with van der Waals surface area (Å²) in [4.78, 5) is 0. The van der Waals surface area contributed by atoms with Crippen molar-refractivity contribution in [2.75, 3.05) is 0 Å². The molecule has 0 heteroatoms. The molecule has 13 heavy (non-hydrogen) atoms. The Labute approximate surface area is 86.4 Å². The largest absolute Gasteiger partial charge is 0.106 e. The quantitative estimate of drug-likeness (QED) is 0.504. The van der Waals surface area contributed by atoms with Gasteiger partial charge in [0.25, 0.3) is 0 Å². The van der Waals surface area contributed by atoms with E-state index in [2.05, 4.69) is 33.9 Å². The Kier molecular flexibility index (Phi) is 32.2. The van der Waals surface area contributed by atoms with Crippen LogP contribution in [-0.2, 0) is 0 Å². The molecule has 0 bridgehead atoms. The van der Waals surface area contributed by atoms with Crippen molar-refractivity contribution in [1.82, 2.24) is 0 Å². The minimum Gasteiger partial charge on any atom is -0.106 e. The summed E-state index contributed by atoms with van der Waals surface area (Å²) in [5.74, 6) is 1.13. The first kappa shape index (κ1) is 18.5. The third kappa shape index (κ3) is 33.8. The summed E-state index contributed by atoms with van der Waals surface area (Å²) in [5.41, 5.74) is 0. The highest BCUT2D eigenvalue weighted by Gasteiger charge is 2.17. The number of rotatable bonds is 2. The lowest BCUT2D eigenvalue weighted by Gasteiger charge is -1.72. The SMILES string of the molecule is C=C.CC.CCC1CC1.CCCC. The molecule has 0 aromatic rings. The first-order valence-corrected chi connectivity index (χ1v) is 5.85. The minimum atomic E-state index is 1.13. The van der Waals surface area contributed by atoms with E-state index >= 15 is 0 Å². The second-order valence-electron chi connectivity index (χ2n) is 2.85. The normalized spacial score (nSPS) is 12.1. The van der Waals surface area contributed by atoms with E-state index in [9.17, 15) is 0 Å². The van der Waals surface area contributed by atoms with Gasteiger partial charge in [0.05, 0.1) is 0 Å². The molecule has 0 aliphatic heterocycles. The summed E-state index contributed by atoms with van der Waals surface area (Å²) in [6.45, 7) is 16.6. The predicted molar refractivity (Wildman–Crippen MR) is 66.2 cm³/mol. The molecule has 1 aliphatic carbocycles. The lowest BCUT2D eigenvalue weighted by atomic mass is 10.3. The van der Waals surface area contributed by atoms with Gasteiger partial charge in [0, 0.05) is 0 Å². The van der Waals surface area contributed by atoms with E-state index in [4.69, 9.17) is 0 Å². The standard InChI is InChI=1S/C5H10.C4H10.C2H6.C2H4/c1-2-5-3-4-5;1-3-4-2;2*1-2/h5H,2-4H2,1H3;3-4H2,1-2H3;1-2H3;1-2H2. The van der Waals surface area contributed by atoms with Crippen LogP contribution in [0.15, 0.2) is 13.2 Å². The monoisotopic (exact) mass is 186 g/mol. The molecule has 0 unspecified atom stereocenters. The lowest BCUT2D eigenvalue weighted by Crippen LogP contribution is -1.59. The maximum absolute atomic E-state index is 3.00. The second-order valence-corrected chi connectivity index (χ2v) is 2.85. The van der Waals surface area contributed by atoms with Crippen molar-refractivity contribution in [2.45, 2.75) is 66.7 Å². The van der Waals surface area contributed by atoms with E-state index in [1.54, 1.807) is 0 Å². The molecule has 1 saturated carbocycles. The van der Waals surface area contributed by atoms with Crippen molar-refractivity contribution < 1.29 is 0 Å². The Bertz CT molecular complexity index is 51.1. The van der Waals surface area contributed by atoms with Crippen molar-refractivity contribution >= 4 is 0 Å². The van der Waals surface area contributed by atoms with Crippen LogP contribution in [0.2, 0.25) is 0 Å². The molecule has 0 heterocycles. The van der Waals surface area contributed by atoms with Crippen LogP contribution >= 0.6 is 0 Å².